The maximum atomic E-state index is 6.39. The van der Waals surface area contributed by atoms with Gasteiger partial charge < -0.3 is 15.4 Å². The molecule has 2 N–H and O–H groups in total. The molecule has 6 atom stereocenters. The molecule has 2 aliphatic heterocycles. The monoisotopic (exact) mass is 234 g/mol. The maximum Gasteiger partial charge on any atom is 0.0789 e. The van der Waals surface area contributed by atoms with Crippen molar-refractivity contribution in [2.45, 2.75) is 68.9 Å². The minimum Gasteiger partial charge on any atom is -0.371 e. The van der Waals surface area contributed by atoms with Crippen LogP contribution in [0.5, 0.6) is 0 Å². The molecular formula is C14H22N2O. The molecule has 3 heteroatoms. The molecule has 94 valence electrons. The molecule has 0 spiro atoms. The number of morpholine rings is 1. The zero-order chi connectivity index (χ0) is 11.4. The molecule has 3 fully saturated rings. The molecule has 4 aliphatic rings. The van der Waals surface area contributed by atoms with Crippen LogP contribution < -0.4 is 5.73 Å². The van der Waals surface area contributed by atoms with Crippen LogP contribution in [0.3, 0.4) is 0 Å². The van der Waals surface area contributed by atoms with Gasteiger partial charge in [0, 0.05) is 12.0 Å². The summed E-state index contributed by atoms with van der Waals surface area (Å²) in [6.07, 6.45) is 13.2. The van der Waals surface area contributed by atoms with Gasteiger partial charge in [0.05, 0.1) is 24.3 Å². The number of rotatable bonds is 0. The van der Waals surface area contributed by atoms with Crippen LogP contribution in [0, 0.1) is 5.92 Å². The molecule has 0 aromatic heterocycles. The van der Waals surface area contributed by atoms with Crippen molar-refractivity contribution in [3.8, 4) is 0 Å². The SMILES string of the molecule is NC1CCC2OC3CCCCC3N3C=CC1C23. The number of ether oxygens (including phenoxy) is 1. The fourth-order valence-corrected chi connectivity index (χ4v) is 4.45. The Labute approximate surface area is 103 Å². The Morgan fingerprint density at radius 3 is 2.88 bits per heavy atom. The van der Waals surface area contributed by atoms with Crippen LogP contribution in [0.1, 0.15) is 38.5 Å². The Balaban J connectivity index is 1.65. The van der Waals surface area contributed by atoms with E-state index in [1.165, 1.54) is 25.7 Å². The van der Waals surface area contributed by atoms with Crippen LogP contribution in [0.25, 0.3) is 0 Å². The van der Waals surface area contributed by atoms with Crippen molar-refractivity contribution in [1.29, 1.82) is 0 Å². The summed E-state index contributed by atoms with van der Waals surface area (Å²) in [6, 6.07) is 1.54. The van der Waals surface area contributed by atoms with Gasteiger partial charge >= 0.3 is 0 Å². The molecule has 2 heterocycles. The number of hydrogen-bond donors (Lipinski definition) is 1. The van der Waals surface area contributed by atoms with Gasteiger partial charge in [-0.25, -0.2) is 0 Å². The van der Waals surface area contributed by atoms with Crippen LogP contribution in [-0.4, -0.2) is 35.2 Å². The average Bonchev–Trinajstić information content (AvgIpc) is 2.80. The lowest BCUT2D eigenvalue weighted by Gasteiger charge is -2.53. The predicted molar refractivity (Wildman–Crippen MR) is 66.4 cm³/mol. The van der Waals surface area contributed by atoms with Gasteiger partial charge in [-0.15, -0.1) is 0 Å². The summed E-state index contributed by atoms with van der Waals surface area (Å²) in [7, 11) is 0. The quantitative estimate of drug-likeness (QED) is 0.692. The van der Waals surface area contributed by atoms with E-state index in [0.29, 0.717) is 36.3 Å². The van der Waals surface area contributed by atoms with Gasteiger partial charge in [-0.3, -0.25) is 0 Å². The second kappa shape index (κ2) is 3.72. The highest BCUT2D eigenvalue weighted by Gasteiger charge is 2.51. The first kappa shape index (κ1) is 10.4. The summed E-state index contributed by atoms with van der Waals surface area (Å²) < 4.78 is 6.39. The van der Waals surface area contributed by atoms with Crippen molar-refractivity contribution < 1.29 is 4.74 Å². The highest BCUT2D eigenvalue weighted by atomic mass is 16.5. The Kier molecular flexibility index (Phi) is 2.28. The Bertz CT molecular complexity index is 343. The van der Waals surface area contributed by atoms with E-state index >= 15 is 0 Å². The van der Waals surface area contributed by atoms with E-state index in [9.17, 15) is 0 Å². The van der Waals surface area contributed by atoms with Gasteiger partial charge in [0.25, 0.3) is 0 Å². The molecule has 0 radical (unpaired) electrons. The van der Waals surface area contributed by atoms with Gasteiger partial charge in [-0.05, 0) is 31.9 Å². The van der Waals surface area contributed by atoms with Crippen molar-refractivity contribution in [3.05, 3.63) is 12.3 Å². The molecule has 17 heavy (non-hydrogen) atoms. The Morgan fingerprint density at radius 2 is 1.94 bits per heavy atom. The summed E-state index contributed by atoms with van der Waals surface area (Å²) in [6.45, 7) is 0. The minimum atomic E-state index is 0.348. The first-order valence-corrected chi connectivity index (χ1v) is 7.21. The van der Waals surface area contributed by atoms with E-state index in [0.717, 1.165) is 12.8 Å². The third-order valence-corrected chi connectivity index (χ3v) is 5.28. The maximum absolute atomic E-state index is 6.39. The van der Waals surface area contributed by atoms with Gasteiger partial charge in [-0.2, -0.15) is 0 Å². The normalized spacial score (nSPS) is 52.2. The molecule has 0 aromatic carbocycles. The molecule has 6 unspecified atom stereocenters. The van der Waals surface area contributed by atoms with Crippen LogP contribution in [-0.2, 0) is 4.74 Å². The van der Waals surface area contributed by atoms with E-state index in [-0.39, 0.29) is 0 Å². The van der Waals surface area contributed by atoms with E-state index in [1.807, 2.05) is 0 Å². The van der Waals surface area contributed by atoms with Crippen molar-refractivity contribution in [3.63, 3.8) is 0 Å². The molecule has 0 amide bonds. The fraction of sp³-hybridized carbons (Fsp3) is 0.857. The topological polar surface area (TPSA) is 38.5 Å². The van der Waals surface area contributed by atoms with Crippen molar-refractivity contribution in [1.82, 2.24) is 4.90 Å². The summed E-state index contributed by atoms with van der Waals surface area (Å²) >= 11 is 0. The Hall–Kier alpha value is -0.540. The smallest absolute Gasteiger partial charge is 0.0789 e. The molecule has 2 aliphatic carbocycles. The van der Waals surface area contributed by atoms with Crippen molar-refractivity contribution in [2.75, 3.05) is 0 Å². The second-order valence-electron chi connectivity index (χ2n) is 6.16. The van der Waals surface area contributed by atoms with Crippen molar-refractivity contribution in [2.24, 2.45) is 11.7 Å². The highest BCUT2D eigenvalue weighted by Crippen LogP contribution is 2.44. The van der Waals surface area contributed by atoms with Crippen molar-refractivity contribution >= 4 is 0 Å². The minimum absolute atomic E-state index is 0.348. The van der Waals surface area contributed by atoms with E-state index in [4.69, 9.17) is 10.5 Å². The number of nitrogens with two attached hydrogens (primary N) is 1. The fourth-order valence-electron chi connectivity index (χ4n) is 4.45. The average molecular weight is 234 g/mol. The number of nitrogens with zero attached hydrogens (tertiary/aromatic N) is 1. The number of fused-ring (bicyclic) bond motifs is 2. The van der Waals surface area contributed by atoms with E-state index < -0.39 is 0 Å². The van der Waals surface area contributed by atoms with Gasteiger partial charge in [0.2, 0.25) is 0 Å². The van der Waals surface area contributed by atoms with E-state index in [1.54, 1.807) is 0 Å². The van der Waals surface area contributed by atoms with Crippen LogP contribution >= 0.6 is 0 Å². The molecule has 0 aromatic rings. The van der Waals surface area contributed by atoms with E-state index in [2.05, 4.69) is 17.2 Å². The zero-order valence-corrected chi connectivity index (χ0v) is 10.3. The summed E-state index contributed by atoms with van der Waals surface area (Å²) in [5, 5.41) is 0. The lowest BCUT2D eigenvalue weighted by atomic mass is 9.77. The molecule has 1 saturated heterocycles. The van der Waals surface area contributed by atoms with Gasteiger partial charge in [0.1, 0.15) is 0 Å². The summed E-state index contributed by atoms with van der Waals surface area (Å²) in [5.41, 5.74) is 6.26. The molecule has 3 nitrogen and oxygen atoms in total. The first-order valence-electron chi connectivity index (χ1n) is 7.21. The third kappa shape index (κ3) is 1.42. The van der Waals surface area contributed by atoms with Gasteiger partial charge in [0.15, 0.2) is 0 Å². The largest absolute Gasteiger partial charge is 0.371 e. The van der Waals surface area contributed by atoms with Crippen LogP contribution in [0.4, 0.5) is 0 Å². The highest BCUT2D eigenvalue weighted by molar-refractivity contribution is 5.17. The summed E-state index contributed by atoms with van der Waals surface area (Å²) in [5.74, 6) is 0.539. The predicted octanol–water partition coefficient (Wildman–Crippen LogP) is 1.63. The molecular weight excluding hydrogens is 212 g/mol. The lowest BCUT2D eigenvalue weighted by Crippen LogP contribution is -2.63. The lowest BCUT2D eigenvalue weighted by molar-refractivity contribution is -0.165. The van der Waals surface area contributed by atoms with Crippen LogP contribution in [0.2, 0.25) is 0 Å². The third-order valence-electron chi connectivity index (χ3n) is 5.28. The van der Waals surface area contributed by atoms with Crippen LogP contribution in [0.15, 0.2) is 12.3 Å². The standard InChI is InChI=1S/C14H22N2O/c15-10-5-6-13-14-9(10)7-8-16(14)11-3-1-2-4-12(11)17-13/h7-14H,1-6,15H2. The zero-order valence-electron chi connectivity index (χ0n) is 10.3. The summed E-state index contributed by atoms with van der Waals surface area (Å²) in [4.78, 5) is 2.61. The molecule has 2 saturated carbocycles. The molecule has 4 rings (SSSR count). The number of hydrogen-bond acceptors (Lipinski definition) is 3. The Morgan fingerprint density at radius 1 is 1.06 bits per heavy atom. The first-order chi connectivity index (χ1) is 8.34. The van der Waals surface area contributed by atoms with Gasteiger partial charge in [-0.1, -0.05) is 18.9 Å². The second-order valence-corrected chi connectivity index (χ2v) is 6.16. The molecule has 0 bridgehead atoms.